The molecule has 20 heteroatoms. The molecule has 408 valence electrons. The van der Waals surface area contributed by atoms with Crippen molar-refractivity contribution in [2.24, 2.45) is 0 Å². The summed E-state index contributed by atoms with van der Waals surface area (Å²) in [6, 6.07) is 33.1. The summed E-state index contributed by atoms with van der Waals surface area (Å²) in [5, 5.41) is 7.34. The second-order valence-corrected chi connectivity index (χ2v) is 17.9. The Balaban J connectivity index is 0.000000303. The molecule has 4 aromatic heterocycles. The van der Waals surface area contributed by atoms with Gasteiger partial charge in [0.15, 0.2) is 22.2 Å². The molecule has 0 spiro atoms. The highest BCUT2D eigenvalue weighted by molar-refractivity contribution is 8.00. The molecule has 0 aliphatic heterocycles. The number of halogens is 6. The molecule has 0 fully saturated rings. The molecule has 0 radical (unpaired) electrons. The summed E-state index contributed by atoms with van der Waals surface area (Å²) in [5.74, 6) is -0.540. The van der Waals surface area contributed by atoms with Gasteiger partial charge in [0.1, 0.15) is 11.6 Å². The molecule has 3 aromatic carbocycles. The molecule has 78 heavy (non-hydrogen) atoms. The lowest BCUT2D eigenvalue weighted by atomic mass is 10.1. The highest BCUT2D eigenvalue weighted by Crippen LogP contribution is 2.39. The number of hydrogen-bond acceptors (Lipinski definition) is 10. The second kappa shape index (κ2) is 29.8. The van der Waals surface area contributed by atoms with Gasteiger partial charge in [-0.05, 0) is 67.6 Å². The van der Waals surface area contributed by atoms with Gasteiger partial charge in [-0.2, -0.15) is 26.3 Å². The smallest absolute Gasteiger partial charge is 0.374 e. The van der Waals surface area contributed by atoms with E-state index in [0.717, 1.165) is 47.8 Å². The number of aromatic nitrogens is 4. The average Bonchev–Trinajstić information content (AvgIpc) is 3.44. The number of rotatable bonds is 16. The lowest BCUT2D eigenvalue weighted by molar-refractivity contribution is -0.137. The predicted octanol–water partition coefficient (Wildman–Crippen LogP) is 13.8. The number of thioether (sulfide) groups is 2. The van der Waals surface area contributed by atoms with Gasteiger partial charge >= 0.3 is 12.4 Å². The zero-order chi connectivity index (χ0) is 57.6. The zero-order valence-corrected chi connectivity index (χ0v) is 45.2. The van der Waals surface area contributed by atoms with E-state index >= 15 is 0 Å². The van der Waals surface area contributed by atoms with Crippen molar-refractivity contribution in [1.82, 2.24) is 24.0 Å². The molecule has 0 aliphatic rings. The normalized spacial score (nSPS) is 11.5. The first-order chi connectivity index (χ1) is 37.2. The fourth-order valence-corrected chi connectivity index (χ4v) is 8.57. The number of carbonyl (C=O) groups is 2. The van der Waals surface area contributed by atoms with Gasteiger partial charge in [-0.15, -0.1) is 0 Å². The van der Waals surface area contributed by atoms with E-state index in [1.807, 2.05) is 50.2 Å². The van der Waals surface area contributed by atoms with E-state index < -0.39 is 51.0 Å². The first-order valence-corrected chi connectivity index (χ1v) is 25.8. The van der Waals surface area contributed by atoms with E-state index in [1.165, 1.54) is 32.3 Å². The van der Waals surface area contributed by atoms with Crippen LogP contribution in [0.5, 0.6) is 0 Å². The SMILES string of the molecule is C=C/C=C(\C=C)Nc1cc(=O)c2c(C(F)(F)F)cc(SCC(=O)Nc3ccccc3)nc2n1C(/C=C\C)=C/C=C.CC.CNc1cc(=O)c2c(C(F)(F)F)cc(SCC(=O)N(C)C)nc2n1-c1ccccc1.c1ccccc1. The van der Waals surface area contributed by atoms with E-state index in [2.05, 4.69) is 45.7 Å². The van der Waals surface area contributed by atoms with Crippen molar-refractivity contribution in [2.75, 3.05) is 48.6 Å². The van der Waals surface area contributed by atoms with Crippen LogP contribution in [-0.2, 0) is 21.9 Å². The molecular weight excluding hydrogens is 1050 g/mol. The maximum atomic E-state index is 14.3. The number of alkyl halides is 6. The Bertz CT molecular complexity index is 3390. The molecular formula is C58H58F6N8O4S2. The lowest BCUT2D eigenvalue weighted by Gasteiger charge is -2.21. The van der Waals surface area contributed by atoms with Crippen molar-refractivity contribution < 1.29 is 35.9 Å². The Hall–Kier alpha value is -8.36. The summed E-state index contributed by atoms with van der Waals surface area (Å²) < 4.78 is 87.3. The molecule has 4 heterocycles. The van der Waals surface area contributed by atoms with Crippen LogP contribution in [0.15, 0.2) is 209 Å². The fourth-order valence-electron chi connectivity index (χ4n) is 6.99. The van der Waals surface area contributed by atoms with Crippen LogP contribution in [0.25, 0.3) is 33.5 Å². The number of nitrogens with zero attached hydrogens (tertiary/aromatic N) is 5. The summed E-state index contributed by atoms with van der Waals surface area (Å²) in [7, 11) is 4.69. The quantitative estimate of drug-likeness (QED) is 0.0486. The van der Waals surface area contributed by atoms with Crippen LogP contribution in [0, 0.1) is 0 Å². The maximum absolute atomic E-state index is 14.3. The van der Waals surface area contributed by atoms with Gasteiger partial charge in [0, 0.05) is 56.0 Å². The van der Waals surface area contributed by atoms with Crippen LogP contribution in [0.1, 0.15) is 31.9 Å². The van der Waals surface area contributed by atoms with Gasteiger partial charge in [0.2, 0.25) is 11.8 Å². The Morgan fingerprint density at radius 1 is 0.667 bits per heavy atom. The van der Waals surface area contributed by atoms with Gasteiger partial charge in [-0.3, -0.25) is 28.3 Å². The average molecular weight is 1110 g/mol. The van der Waals surface area contributed by atoms with E-state index in [1.54, 1.807) is 113 Å². The predicted molar refractivity (Wildman–Crippen MR) is 307 cm³/mol. The number of amides is 2. The van der Waals surface area contributed by atoms with Gasteiger partial charge in [-0.25, -0.2) is 9.97 Å². The summed E-state index contributed by atoms with van der Waals surface area (Å²) in [5.41, 5.74) is -2.36. The number of para-hydroxylation sites is 2. The number of carbonyl (C=O) groups excluding carboxylic acids is 2. The number of hydrogen-bond donors (Lipinski definition) is 3. The molecule has 0 atom stereocenters. The van der Waals surface area contributed by atoms with Crippen LogP contribution in [0.3, 0.4) is 0 Å². The van der Waals surface area contributed by atoms with Crippen molar-refractivity contribution in [3.05, 3.63) is 221 Å². The van der Waals surface area contributed by atoms with Crippen molar-refractivity contribution in [2.45, 2.75) is 43.2 Å². The summed E-state index contributed by atoms with van der Waals surface area (Å²) in [6.07, 6.45) is 1.29. The van der Waals surface area contributed by atoms with Gasteiger partial charge in [0.25, 0.3) is 0 Å². The van der Waals surface area contributed by atoms with Crippen LogP contribution >= 0.6 is 23.5 Å². The maximum Gasteiger partial charge on any atom is 0.417 e. The monoisotopic (exact) mass is 1110 g/mol. The lowest BCUT2D eigenvalue weighted by Crippen LogP contribution is -2.23. The number of fused-ring (bicyclic) bond motifs is 2. The van der Waals surface area contributed by atoms with Crippen LogP contribution < -0.4 is 26.8 Å². The molecule has 0 saturated heterocycles. The number of benzene rings is 3. The molecule has 0 saturated carbocycles. The number of anilines is 3. The Kier molecular flexibility index (Phi) is 23.8. The Morgan fingerprint density at radius 3 is 1.62 bits per heavy atom. The van der Waals surface area contributed by atoms with Crippen molar-refractivity contribution >= 4 is 80.4 Å². The van der Waals surface area contributed by atoms with Gasteiger partial charge < -0.3 is 20.9 Å². The van der Waals surface area contributed by atoms with Crippen molar-refractivity contribution in [3.8, 4) is 5.69 Å². The minimum atomic E-state index is -4.87. The molecule has 0 unspecified atom stereocenters. The standard InChI is InChI=1S/C30H27F3N4O2S.C20H19F3N4O2S.C6H6.C2H6/c1-5-12-20(8-4)34-25-18-24(38)28-23(30(31,32)33)17-27(36-29(28)37(25)22(13-6-2)14-7-3)40-19-26(39)35-21-15-10-9-11-16-21;1-24-15-10-14(28)18-13(20(21,22)23)9-16(30-11-17(29)26(2)3)25-19(18)27(15)12-7-5-4-6-8-12;1-2-4-6-5-3-1;1-2/h5-18,34H,1-2,4,19H2,3H3,(H,35,39);4-10,24H,11H2,1-3H3;1-6H;1-2H3/b14-7-,20-12+,22-13+;;;. The molecule has 12 nitrogen and oxygen atoms in total. The molecule has 0 bridgehead atoms. The Labute approximate surface area is 456 Å². The van der Waals surface area contributed by atoms with E-state index in [9.17, 15) is 45.5 Å². The highest BCUT2D eigenvalue weighted by atomic mass is 32.2. The van der Waals surface area contributed by atoms with E-state index in [-0.39, 0.29) is 44.6 Å². The zero-order valence-electron chi connectivity index (χ0n) is 43.6. The van der Waals surface area contributed by atoms with Crippen LogP contribution in [0.4, 0.5) is 43.7 Å². The number of allylic oxidation sites excluding steroid dienone is 8. The second-order valence-electron chi connectivity index (χ2n) is 15.9. The van der Waals surface area contributed by atoms with Gasteiger partial charge in [0.05, 0.1) is 43.5 Å². The van der Waals surface area contributed by atoms with Crippen LogP contribution in [-0.4, -0.2) is 68.5 Å². The van der Waals surface area contributed by atoms with Crippen molar-refractivity contribution in [3.63, 3.8) is 0 Å². The van der Waals surface area contributed by atoms with Crippen LogP contribution in [0.2, 0.25) is 0 Å². The van der Waals surface area contributed by atoms with E-state index in [0.29, 0.717) is 28.6 Å². The largest absolute Gasteiger partial charge is 0.417 e. The first-order valence-electron chi connectivity index (χ1n) is 23.8. The fraction of sp³-hybridized carbons (Fsp3) is 0.172. The summed E-state index contributed by atoms with van der Waals surface area (Å²) in [4.78, 5) is 60.3. The van der Waals surface area contributed by atoms with Crippen molar-refractivity contribution in [1.29, 1.82) is 0 Å². The molecule has 2 amide bonds. The highest BCUT2D eigenvalue weighted by Gasteiger charge is 2.37. The van der Waals surface area contributed by atoms with E-state index in [4.69, 9.17) is 0 Å². The van der Waals surface area contributed by atoms with Gasteiger partial charge in [-0.1, -0.05) is 148 Å². The Morgan fingerprint density at radius 2 is 1.14 bits per heavy atom. The number of nitrogens with one attached hydrogen (secondary N) is 3. The number of pyridine rings is 4. The summed E-state index contributed by atoms with van der Waals surface area (Å²) >= 11 is 1.71. The third kappa shape index (κ3) is 17.1. The third-order valence-corrected chi connectivity index (χ3v) is 12.2. The minimum Gasteiger partial charge on any atom is -0.374 e. The minimum absolute atomic E-state index is 0.00218. The summed E-state index contributed by atoms with van der Waals surface area (Å²) in [6.45, 7) is 16.8. The molecule has 7 rings (SSSR count). The third-order valence-electron chi connectivity index (χ3n) is 10.4. The topological polar surface area (TPSA) is 143 Å². The first kappa shape index (κ1) is 62.2. The molecule has 3 N–H and O–H groups in total. The molecule has 7 aromatic rings. The molecule has 0 aliphatic carbocycles.